The number of ether oxygens (including phenoxy) is 2. The molecule has 0 bridgehead atoms. The van der Waals surface area contributed by atoms with E-state index in [-0.39, 0.29) is 72.1 Å². The molecule has 5 heterocycles. The van der Waals surface area contributed by atoms with Crippen LogP contribution in [0.3, 0.4) is 0 Å². The molecule has 3 N–H and O–H groups in total. The van der Waals surface area contributed by atoms with Gasteiger partial charge < -0.3 is 24.9 Å². The molecular weight excluding hydrogens is 944 g/mol. The van der Waals surface area contributed by atoms with Crippen LogP contribution in [0, 0.1) is 19.8 Å². The van der Waals surface area contributed by atoms with Gasteiger partial charge in [0, 0.05) is 24.2 Å². The van der Waals surface area contributed by atoms with Gasteiger partial charge in [-0.1, -0.05) is 92.5 Å². The van der Waals surface area contributed by atoms with Crippen molar-refractivity contribution < 1.29 is 24.0 Å². The van der Waals surface area contributed by atoms with Crippen molar-refractivity contribution in [1.29, 1.82) is 0 Å². The van der Waals surface area contributed by atoms with Crippen molar-refractivity contribution in [2.45, 2.75) is 58.5 Å². The Hall–Kier alpha value is -8.85. The van der Waals surface area contributed by atoms with E-state index >= 15 is 0 Å². The Morgan fingerprint density at radius 1 is 0.708 bits per heavy atom. The molecule has 11 rings (SSSR count). The van der Waals surface area contributed by atoms with Crippen molar-refractivity contribution in [3.63, 3.8) is 0 Å². The van der Waals surface area contributed by atoms with Crippen molar-refractivity contribution in [3.8, 4) is 45.8 Å². The lowest BCUT2D eigenvalue weighted by Gasteiger charge is -2.08. The average molecular weight is 989 g/mol. The van der Waals surface area contributed by atoms with E-state index in [2.05, 4.69) is 55.9 Å². The van der Waals surface area contributed by atoms with E-state index in [1.807, 2.05) is 92.7 Å². The highest BCUT2D eigenvalue weighted by Gasteiger charge is 2.30. The lowest BCUT2D eigenvalue weighted by Crippen LogP contribution is -2.27. The summed E-state index contributed by atoms with van der Waals surface area (Å²) in [6.07, 6.45) is 7.17. The van der Waals surface area contributed by atoms with Gasteiger partial charge >= 0.3 is 12.0 Å². The molecule has 9 aromatic rings. The number of carbonyl (C=O) groups excluding carboxylic acids is 1. The third kappa shape index (κ3) is 11.9. The molecule has 2 aliphatic carbocycles. The molecule has 0 saturated heterocycles. The van der Waals surface area contributed by atoms with Crippen molar-refractivity contribution in [2.75, 3.05) is 13.2 Å². The van der Waals surface area contributed by atoms with Gasteiger partial charge in [-0.3, -0.25) is 14.4 Å². The van der Waals surface area contributed by atoms with Crippen LogP contribution in [0.4, 0.5) is 0 Å². The van der Waals surface area contributed by atoms with Gasteiger partial charge in [-0.05, 0) is 110 Å². The van der Waals surface area contributed by atoms with Gasteiger partial charge in [-0.15, -0.1) is 10.2 Å². The number of rotatable bonds is 14. The summed E-state index contributed by atoms with van der Waals surface area (Å²) < 4.78 is 19.0. The van der Waals surface area contributed by atoms with Crippen LogP contribution in [-0.2, 0) is 17.9 Å². The van der Waals surface area contributed by atoms with Crippen molar-refractivity contribution in [2.24, 2.45) is 16.8 Å². The number of carbonyl (C=O) groups is 1. The van der Waals surface area contributed by atoms with Gasteiger partial charge in [0.05, 0.1) is 23.9 Å². The van der Waals surface area contributed by atoms with Crippen molar-refractivity contribution in [1.82, 2.24) is 60.1 Å². The number of fused-ring (bicyclic) bond motifs is 2. The molecule has 0 aliphatic heterocycles. The molecule has 22 heteroatoms. The van der Waals surface area contributed by atoms with Crippen LogP contribution >= 0.6 is 11.6 Å². The highest BCUT2D eigenvalue weighted by Crippen LogP contribution is 2.39. The maximum absolute atomic E-state index is 13.1. The van der Waals surface area contributed by atoms with Gasteiger partial charge in [0.1, 0.15) is 35.6 Å². The fraction of sp³-hybridized carbons (Fsp3) is 0.240. The summed E-state index contributed by atoms with van der Waals surface area (Å²) >= 11 is 5.04. The third-order valence-corrected chi connectivity index (χ3v) is 11.7. The lowest BCUT2D eigenvalue weighted by atomic mass is 10.0. The minimum absolute atomic E-state index is 0.0348. The fourth-order valence-corrected chi connectivity index (χ4v) is 7.25. The van der Waals surface area contributed by atoms with E-state index in [0.717, 1.165) is 47.9 Å². The van der Waals surface area contributed by atoms with Crippen LogP contribution in [0.25, 0.3) is 55.6 Å². The van der Waals surface area contributed by atoms with E-state index in [4.69, 9.17) is 36.5 Å². The summed E-state index contributed by atoms with van der Waals surface area (Å²) in [6, 6.07) is 30.7. The molecule has 0 atom stereocenters. The molecule has 2 saturated carbocycles. The number of hydrogen-bond donors (Lipinski definition) is 2. The Balaban J connectivity index is 0.000000160. The number of amidine groups is 1. The second kappa shape index (κ2) is 21.8. The number of nitrogens with two attached hydrogens (primary N) is 1. The summed E-state index contributed by atoms with van der Waals surface area (Å²) in [5, 5.41) is 32.8. The van der Waals surface area contributed by atoms with E-state index in [1.165, 1.54) is 32.8 Å². The standard InChI is InChI=1S/C25H21N7O3.C21H19N7O3.C4H5ClO/c1-15-2-4-16(5-3-15)18-8-9-20-19(14-18)24(33)32(31-29-20)12-13-34-25-26-11-10-21(27-25)22-28-23(35-30-22)17-6-7-17;1-13-2-4-14(5-3-13)15-6-7-17-16(12-15)20(29)28(27-25-17)10-11-31-21-23-9-8-18(24-21)19(22)26-30;5-4(6)3-1-2-3/h2-5,8-11,14,17H,6-7,12-13H2,1H3;2-9,12,30H,10-11H2,1H3,(H2,22,26);3H,1-2H2. The quantitative estimate of drug-likeness (QED) is 0.0389. The zero-order valence-corrected chi connectivity index (χ0v) is 39.6. The van der Waals surface area contributed by atoms with E-state index in [9.17, 15) is 14.4 Å². The van der Waals surface area contributed by atoms with Gasteiger partial charge in [0.25, 0.3) is 11.1 Å². The summed E-state index contributed by atoms with van der Waals surface area (Å²) in [4.78, 5) is 56.8. The molecule has 4 aromatic carbocycles. The maximum Gasteiger partial charge on any atom is 0.317 e. The van der Waals surface area contributed by atoms with Crippen molar-refractivity contribution in [3.05, 3.63) is 153 Å². The molecule has 0 radical (unpaired) electrons. The second-order valence-electron chi connectivity index (χ2n) is 16.9. The van der Waals surface area contributed by atoms with Gasteiger partial charge in [0.15, 0.2) is 5.84 Å². The minimum atomic E-state index is -0.270. The Bertz CT molecular complexity index is 3540. The van der Waals surface area contributed by atoms with Crippen LogP contribution in [0.1, 0.15) is 54.3 Å². The first-order valence-corrected chi connectivity index (χ1v) is 23.2. The van der Waals surface area contributed by atoms with Gasteiger partial charge in [-0.25, -0.2) is 19.3 Å². The lowest BCUT2D eigenvalue weighted by molar-refractivity contribution is -0.112. The van der Waals surface area contributed by atoms with Crippen LogP contribution in [-0.4, -0.2) is 89.6 Å². The average Bonchev–Trinajstić information content (AvgIpc) is 4.37. The normalized spacial score (nSPS) is 13.2. The molecular formula is C50H45ClN14O7. The SMILES string of the molecule is Cc1ccc(-c2ccc3nnn(CCOc4nccc(-c5noc(C6CC6)n5)n4)c(=O)c3c2)cc1.Cc1ccc(-c2ccc3nnn(CCOc4nccc(/C(N)=N/O)n4)c(=O)c3c2)cc1.O=C(Cl)C1CC1. The molecule has 2 aliphatic rings. The van der Waals surface area contributed by atoms with Gasteiger partial charge in [-0.2, -0.15) is 15.0 Å². The van der Waals surface area contributed by atoms with Gasteiger partial charge in [0.2, 0.25) is 17.0 Å². The molecule has 5 aromatic heterocycles. The van der Waals surface area contributed by atoms with E-state index < -0.39 is 0 Å². The molecule has 0 amide bonds. The molecule has 72 heavy (non-hydrogen) atoms. The van der Waals surface area contributed by atoms with E-state index in [0.29, 0.717) is 45.1 Å². The van der Waals surface area contributed by atoms with E-state index in [1.54, 1.807) is 18.3 Å². The predicted molar refractivity (Wildman–Crippen MR) is 264 cm³/mol. The molecule has 364 valence electrons. The maximum atomic E-state index is 13.1. The number of benzene rings is 4. The minimum Gasteiger partial charge on any atom is -0.461 e. The first-order valence-electron chi connectivity index (χ1n) is 22.8. The number of aryl methyl sites for hydroxylation is 2. The highest BCUT2D eigenvalue weighted by molar-refractivity contribution is 6.64. The summed E-state index contributed by atoms with van der Waals surface area (Å²) in [5.74, 6) is 1.48. The first-order chi connectivity index (χ1) is 35.0. The number of halogens is 1. The fourth-order valence-electron chi connectivity index (χ4n) is 7.03. The Morgan fingerprint density at radius 3 is 1.71 bits per heavy atom. The summed E-state index contributed by atoms with van der Waals surface area (Å²) in [5.41, 5.74) is 13.1. The first kappa shape index (κ1) is 48.2. The highest BCUT2D eigenvalue weighted by atomic mass is 35.5. The predicted octanol–water partition coefficient (Wildman–Crippen LogP) is 6.46. The molecule has 0 unspecified atom stereocenters. The Kier molecular flexibility index (Phi) is 14.6. The number of hydrogen-bond acceptors (Lipinski definition) is 18. The monoisotopic (exact) mass is 988 g/mol. The van der Waals surface area contributed by atoms with Crippen molar-refractivity contribution >= 4 is 44.5 Å². The third-order valence-electron chi connectivity index (χ3n) is 11.4. The van der Waals surface area contributed by atoms with Crippen LogP contribution < -0.4 is 26.3 Å². The molecule has 0 spiro atoms. The zero-order valence-electron chi connectivity index (χ0n) is 38.9. The largest absolute Gasteiger partial charge is 0.461 e. The number of nitrogens with zero attached hydrogens (tertiary/aromatic N) is 13. The van der Waals surface area contributed by atoms with Crippen LogP contribution in [0.5, 0.6) is 12.0 Å². The molecule has 21 nitrogen and oxygen atoms in total. The Labute approximate surface area is 414 Å². The number of aromatic nitrogens is 12. The summed E-state index contributed by atoms with van der Waals surface area (Å²) in [6.45, 7) is 4.62. The topological polar surface area (TPSA) is 280 Å². The second-order valence-corrected chi connectivity index (χ2v) is 17.2. The number of oxime groups is 1. The van der Waals surface area contributed by atoms with Crippen LogP contribution in [0.2, 0.25) is 0 Å². The zero-order chi connectivity index (χ0) is 50.1. The van der Waals surface area contributed by atoms with Crippen LogP contribution in [0.15, 0.2) is 129 Å². The smallest absolute Gasteiger partial charge is 0.317 e. The molecule has 2 fully saturated rings. The summed E-state index contributed by atoms with van der Waals surface area (Å²) in [7, 11) is 0. The Morgan fingerprint density at radius 2 is 1.22 bits per heavy atom.